The highest BCUT2D eigenvalue weighted by Crippen LogP contribution is 2.23. The summed E-state index contributed by atoms with van der Waals surface area (Å²) >= 11 is 0. The predicted molar refractivity (Wildman–Crippen MR) is 87.6 cm³/mol. The van der Waals surface area contributed by atoms with E-state index in [2.05, 4.69) is 10.6 Å². The fraction of sp³-hybridized carbons (Fsp3) is 0.353. The van der Waals surface area contributed by atoms with Crippen LogP contribution >= 0.6 is 0 Å². The van der Waals surface area contributed by atoms with Gasteiger partial charge < -0.3 is 24.9 Å². The number of benzene rings is 1. The molecule has 0 saturated heterocycles. The van der Waals surface area contributed by atoms with Gasteiger partial charge >= 0.3 is 6.03 Å². The maximum Gasteiger partial charge on any atom is 0.319 e. The van der Waals surface area contributed by atoms with Crippen molar-refractivity contribution in [2.45, 2.75) is 26.4 Å². The zero-order valence-electron chi connectivity index (χ0n) is 13.6. The number of anilines is 1. The number of furan rings is 1. The third kappa shape index (κ3) is 4.50. The van der Waals surface area contributed by atoms with E-state index >= 15 is 0 Å². The van der Waals surface area contributed by atoms with E-state index in [1.807, 2.05) is 19.9 Å². The van der Waals surface area contributed by atoms with E-state index < -0.39 is 11.6 Å². The van der Waals surface area contributed by atoms with Gasteiger partial charge in [-0.1, -0.05) is 6.07 Å². The van der Waals surface area contributed by atoms with E-state index in [0.29, 0.717) is 18.1 Å². The molecule has 6 nitrogen and oxygen atoms in total. The SMILES string of the molecule is CCOc1cc(NC(=O)NCC(C)(O)c2ccco2)ccc1C. The zero-order valence-corrected chi connectivity index (χ0v) is 13.6. The van der Waals surface area contributed by atoms with Crippen LogP contribution in [0.2, 0.25) is 0 Å². The summed E-state index contributed by atoms with van der Waals surface area (Å²) in [5.74, 6) is 1.12. The average molecular weight is 318 g/mol. The molecule has 0 saturated carbocycles. The molecular formula is C17H22N2O4. The number of aliphatic hydroxyl groups is 1. The predicted octanol–water partition coefficient (Wildman–Crippen LogP) is 3.02. The first-order valence-corrected chi connectivity index (χ1v) is 7.47. The van der Waals surface area contributed by atoms with Gasteiger partial charge in [-0.05, 0) is 44.5 Å². The van der Waals surface area contributed by atoms with Crippen LogP contribution in [0.5, 0.6) is 5.75 Å². The quantitative estimate of drug-likeness (QED) is 0.764. The van der Waals surface area contributed by atoms with Crippen molar-refractivity contribution in [1.29, 1.82) is 0 Å². The minimum atomic E-state index is -1.27. The molecule has 2 rings (SSSR count). The van der Waals surface area contributed by atoms with E-state index in [9.17, 15) is 9.90 Å². The lowest BCUT2D eigenvalue weighted by molar-refractivity contribution is 0.0372. The minimum Gasteiger partial charge on any atom is -0.494 e. The monoisotopic (exact) mass is 318 g/mol. The fourth-order valence-electron chi connectivity index (χ4n) is 2.09. The lowest BCUT2D eigenvalue weighted by atomic mass is 10.0. The Kier molecular flexibility index (Phi) is 5.28. The molecule has 23 heavy (non-hydrogen) atoms. The van der Waals surface area contributed by atoms with Gasteiger partial charge in [0.25, 0.3) is 0 Å². The number of hydrogen-bond donors (Lipinski definition) is 3. The molecule has 1 unspecified atom stereocenters. The lowest BCUT2D eigenvalue weighted by Crippen LogP contribution is -2.40. The Morgan fingerprint density at radius 2 is 2.17 bits per heavy atom. The second-order valence-electron chi connectivity index (χ2n) is 5.47. The third-order valence-corrected chi connectivity index (χ3v) is 3.39. The Morgan fingerprint density at radius 1 is 1.39 bits per heavy atom. The molecule has 2 aromatic rings. The summed E-state index contributed by atoms with van der Waals surface area (Å²) in [6.45, 7) is 6.00. The van der Waals surface area contributed by atoms with Crippen LogP contribution < -0.4 is 15.4 Å². The molecular weight excluding hydrogens is 296 g/mol. The van der Waals surface area contributed by atoms with Crippen molar-refractivity contribution in [3.63, 3.8) is 0 Å². The van der Waals surface area contributed by atoms with Gasteiger partial charge in [0, 0.05) is 11.8 Å². The number of amides is 2. The molecule has 1 atom stereocenters. The first kappa shape index (κ1) is 16.9. The van der Waals surface area contributed by atoms with Gasteiger partial charge in [-0.15, -0.1) is 0 Å². The minimum absolute atomic E-state index is 0.0243. The Bertz CT molecular complexity index is 651. The Morgan fingerprint density at radius 3 is 2.83 bits per heavy atom. The Labute approximate surface area is 135 Å². The molecule has 0 bridgehead atoms. The zero-order chi connectivity index (χ0) is 16.9. The van der Waals surface area contributed by atoms with Gasteiger partial charge in [-0.3, -0.25) is 0 Å². The average Bonchev–Trinajstić information content (AvgIpc) is 3.04. The van der Waals surface area contributed by atoms with Crippen molar-refractivity contribution in [2.24, 2.45) is 0 Å². The highest BCUT2D eigenvalue weighted by molar-refractivity contribution is 5.89. The number of nitrogens with one attached hydrogen (secondary N) is 2. The van der Waals surface area contributed by atoms with Crippen molar-refractivity contribution < 1.29 is 19.1 Å². The molecule has 1 aromatic carbocycles. The molecule has 124 valence electrons. The van der Waals surface area contributed by atoms with Gasteiger partial charge in [0.05, 0.1) is 19.4 Å². The molecule has 6 heteroatoms. The number of urea groups is 1. The standard InChI is InChI=1S/C17H22N2O4/c1-4-22-14-10-13(8-7-12(14)2)19-16(20)18-11-17(3,21)15-6-5-9-23-15/h5-10,21H,4,11H2,1-3H3,(H2,18,19,20). The van der Waals surface area contributed by atoms with Crippen LogP contribution in [0.3, 0.4) is 0 Å². The molecule has 0 aliphatic heterocycles. The van der Waals surface area contributed by atoms with Crippen molar-refractivity contribution >= 4 is 11.7 Å². The summed E-state index contributed by atoms with van der Waals surface area (Å²) < 4.78 is 10.7. The topological polar surface area (TPSA) is 83.7 Å². The summed E-state index contributed by atoms with van der Waals surface area (Å²) in [7, 11) is 0. The smallest absolute Gasteiger partial charge is 0.319 e. The first-order chi connectivity index (χ1) is 10.9. The highest BCUT2D eigenvalue weighted by Gasteiger charge is 2.26. The van der Waals surface area contributed by atoms with E-state index in [4.69, 9.17) is 9.15 Å². The second-order valence-corrected chi connectivity index (χ2v) is 5.47. The Balaban J connectivity index is 1.93. The molecule has 0 spiro atoms. The van der Waals surface area contributed by atoms with Gasteiger partial charge in [-0.2, -0.15) is 0 Å². The number of carbonyl (C=O) groups is 1. The van der Waals surface area contributed by atoms with Crippen LogP contribution in [0.4, 0.5) is 10.5 Å². The van der Waals surface area contributed by atoms with Crippen molar-refractivity contribution in [2.75, 3.05) is 18.5 Å². The molecule has 0 aliphatic carbocycles. The molecule has 1 aromatic heterocycles. The van der Waals surface area contributed by atoms with Crippen LogP contribution in [-0.4, -0.2) is 24.3 Å². The highest BCUT2D eigenvalue weighted by atomic mass is 16.5. The van der Waals surface area contributed by atoms with Gasteiger partial charge in [0.15, 0.2) is 0 Å². The van der Waals surface area contributed by atoms with E-state index in [1.165, 1.54) is 6.26 Å². The number of carbonyl (C=O) groups excluding carboxylic acids is 1. The molecule has 0 fully saturated rings. The van der Waals surface area contributed by atoms with E-state index in [-0.39, 0.29) is 6.54 Å². The maximum atomic E-state index is 12.0. The summed E-state index contributed by atoms with van der Waals surface area (Å²) in [4.78, 5) is 12.0. The van der Waals surface area contributed by atoms with Gasteiger partial charge in [0.1, 0.15) is 17.1 Å². The van der Waals surface area contributed by atoms with Crippen LogP contribution in [0, 0.1) is 6.92 Å². The van der Waals surface area contributed by atoms with Crippen molar-refractivity contribution in [3.05, 3.63) is 47.9 Å². The molecule has 2 amide bonds. The van der Waals surface area contributed by atoms with E-state index in [0.717, 1.165) is 11.3 Å². The molecule has 0 radical (unpaired) electrons. The van der Waals surface area contributed by atoms with E-state index in [1.54, 1.807) is 31.2 Å². The van der Waals surface area contributed by atoms with Gasteiger partial charge in [-0.25, -0.2) is 4.79 Å². The molecule has 0 aliphatic rings. The number of aryl methyl sites for hydroxylation is 1. The Hall–Kier alpha value is -2.47. The summed E-state index contributed by atoms with van der Waals surface area (Å²) in [6, 6.07) is 8.37. The van der Waals surface area contributed by atoms with Crippen LogP contribution in [0.15, 0.2) is 41.0 Å². The first-order valence-electron chi connectivity index (χ1n) is 7.47. The molecule has 1 heterocycles. The van der Waals surface area contributed by atoms with Crippen molar-refractivity contribution in [1.82, 2.24) is 5.32 Å². The number of ether oxygens (including phenoxy) is 1. The second kappa shape index (κ2) is 7.19. The largest absolute Gasteiger partial charge is 0.494 e. The third-order valence-electron chi connectivity index (χ3n) is 3.39. The number of hydrogen-bond acceptors (Lipinski definition) is 4. The summed E-state index contributed by atoms with van der Waals surface area (Å²) in [5.41, 5.74) is 0.345. The van der Waals surface area contributed by atoms with Gasteiger partial charge in [0.2, 0.25) is 0 Å². The summed E-state index contributed by atoms with van der Waals surface area (Å²) in [6.07, 6.45) is 1.48. The molecule has 3 N–H and O–H groups in total. The number of rotatable bonds is 6. The van der Waals surface area contributed by atoms with Crippen molar-refractivity contribution in [3.8, 4) is 5.75 Å². The fourth-order valence-corrected chi connectivity index (χ4v) is 2.09. The van der Waals surface area contributed by atoms with Crippen LogP contribution in [0.1, 0.15) is 25.2 Å². The van der Waals surface area contributed by atoms with Crippen LogP contribution in [-0.2, 0) is 5.60 Å². The summed E-state index contributed by atoms with van der Waals surface area (Å²) in [5, 5.41) is 15.6. The lowest BCUT2D eigenvalue weighted by Gasteiger charge is -2.21. The maximum absolute atomic E-state index is 12.0. The normalized spacial score (nSPS) is 13.2. The van der Waals surface area contributed by atoms with Crippen LogP contribution in [0.25, 0.3) is 0 Å².